The molecular formula is C30H36N4O6. The number of amides is 2. The summed E-state index contributed by atoms with van der Waals surface area (Å²) in [6, 6.07) is 18.9. The highest BCUT2D eigenvalue weighted by molar-refractivity contribution is 5.97. The second-order valence-electron chi connectivity index (χ2n) is 9.51. The van der Waals surface area contributed by atoms with Gasteiger partial charge in [0.2, 0.25) is 11.7 Å². The molecule has 2 N–H and O–H groups in total. The summed E-state index contributed by atoms with van der Waals surface area (Å²) < 4.78 is 22.7. The molecule has 2 atom stereocenters. The maximum absolute atomic E-state index is 13.5. The average Bonchev–Trinajstić information content (AvgIpc) is 2.96. The Morgan fingerprint density at radius 2 is 1.25 bits per heavy atom. The Hall–Kier alpha value is -3.86. The van der Waals surface area contributed by atoms with Gasteiger partial charge in [-0.2, -0.15) is 4.98 Å². The summed E-state index contributed by atoms with van der Waals surface area (Å²) >= 11 is 0. The predicted molar refractivity (Wildman–Crippen MR) is 149 cm³/mol. The third-order valence-corrected chi connectivity index (χ3v) is 6.42. The van der Waals surface area contributed by atoms with Crippen LogP contribution in [-0.2, 0) is 27.1 Å². The van der Waals surface area contributed by atoms with Gasteiger partial charge in [0, 0.05) is 5.56 Å². The molecule has 0 saturated carbocycles. The van der Waals surface area contributed by atoms with Gasteiger partial charge in [-0.15, -0.1) is 0 Å². The van der Waals surface area contributed by atoms with Crippen molar-refractivity contribution in [1.82, 2.24) is 20.6 Å². The summed E-state index contributed by atoms with van der Waals surface area (Å²) in [4.78, 5) is 35.5. The van der Waals surface area contributed by atoms with Crippen LogP contribution in [0.25, 0.3) is 0 Å². The number of aromatic nitrogens is 2. The molecule has 10 heteroatoms. The molecule has 2 aromatic carbocycles. The Balaban J connectivity index is 1.60. The van der Waals surface area contributed by atoms with Gasteiger partial charge >= 0.3 is 0 Å². The zero-order chi connectivity index (χ0) is 28.2. The first-order valence-electron chi connectivity index (χ1n) is 13.4. The minimum atomic E-state index is -0.529. The number of carbonyl (C=O) groups excluding carboxylic acids is 2. The number of hydrogen-bond donors (Lipinski definition) is 2. The van der Waals surface area contributed by atoms with Crippen molar-refractivity contribution in [3.05, 3.63) is 88.9 Å². The number of nitrogens with zero attached hydrogens (tertiary/aromatic N) is 2. The molecule has 1 aromatic heterocycles. The predicted octanol–water partition coefficient (Wildman–Crippen LogP) is 2.54. The van der Waals surface area contributed by atoms with E-state index in [1.165, 1.54) is 7.11 Å². The van der Waals surface area contributed by atoms with Crippen LogP contribution in [-0.4, -0.2) is 80.6 Å². The van der Waals surface area contributed by atoms with E-state index in [0.29, 0.717) is 44.8 Å². The summed E-state index contributed by atoms with van der Waals surface area (Å²) in [5, 5.41) is 5.99. The Bertz CT molecular complexity index is 1240. The van der Waals surface area contributed by atoms with E-state index in [1.54, 1.807) is 6.92 Å². The Morgan fingerprint density at radius 3 is 1.77 bits per heavy atom. The molecule has 0 radical (unpaired) electrons. The van der Waals surface area contributed by atoms with Crippen molar-refractivity contribution in [3.8, 4) is 5.88 Å². The van der Waals surface area contributed by atoms with Crippen LogP contribution in [0, 0.1) is 6.92 Å². The van der Waals surface area contributed by atoms with Crippen molar-refractivity contribution in [2.45, 2.75) is 31.8 Å². The fourth-order valence-corrected chi connectivity index (χ4v) is 4.41. The van der Waals surface area contributed by atoms with Crippen molar-refractivity contribution >= 4 is 11.8 Å². The van der Waals surface area contributed by atoms with Crippen molar-refractivity contribution in [1.29, 1.82) is 0 Å². The number of hydrogen-bond acceptors (Lipinski definition) is 8. The van der Waals surface area contributed by atoms with Crippen molar-refractivity contribution in [2.75, 3.05) is 46.8 Å². The lowest BCUT2D eigenvalue weighted by molar-refractivity contribution is 0.00680. The van der Waals surface area contributed by atoms with Gasteiger partial charge in [-0.25, -0.2) is 4.98 Å². The molecule has 212 valence electrons. The summed E-state index contributed by atoms with van der Waals surface area (Å²) in [7, 11) is 1.44. The minimum Gasteiger partial charge on any atom is -0.481 e. The molecule has 1 aliphatic heterocycles. The SMILES string of the molecule is COc1nc2nc(c1C)C(=O)N[C@@H](Cc1ccccc1)COCCOCCOC[C@H](Cc1ccccc1)NC2=O. The van der Waals surface area contributed by atoms with Crippen LogP contribution in [0.1, 0.15) is 37.8 Å². The third-order valence-electron chi connectivity index (χ3n) is 6.42. The van der Waals surface area contributed by atoms with Gasteiger partial charge in [0.15, 0.2) is 0 Å². The fourth-order valence-electron chi connectivity index (χ4n) is 4.41. The van der Waals surface area contributed by atoms with E-state index in [9.17, 15) is 9.59 Å². The molecule has 40 heavy (non-hydrogen) atoms. The average molecular weight is 549 g/mol. The van der Waals surface area contributed by atoms with Crippen molar-refractivity contribution in [2.24, 2.45) is 0 Å². The van der Waals surface area contributed by atoms with Gasteiger partial charge in [0.05, 0.1) is 58.8 Å². The Kier molecular flexibility index (Phi) is 11.0. The first-order chi connectivity index (χ1) is 19.5. The number of ether oxygens (including phenoxy) is 4. The molecule has 3 aromatic rings. The van der Waals surface area contributed by atoms with E-state index < -0.39 is 11.8 Å². The molecule has 1 aliphatic rings. The maximum Gasteiger partial charge on any atom is 0.289 e. The van der Waals surface area contributed by atoms with Gasteiger partial charge < -0.3 is 29.6 Å². The summed E-state index contributed by atoms with van der Waals surface area (Å²) in [6.07, 6.45) is 1.09. The Labute approximate surface area is 234 Å². The topological polar surface area (TPSA) is 121 Å². The van der Waals surface area contributed by atoms with Crippen LogP contribution in [0.3, 0.4) is 0 Å². The van der Waals surface area contributed by atoms with Gasteiger partial charge in [-0.05, 0) is 30.9 Å². The second kappa shape index (κ2) is 15.1. The quantitative estimate of drug-likeness (QED) is 0.499. The molecule has 2 heterocycles. The van der Waals surface area contributed by atoms with E-state index in [2.05, 4.69) is 20.6 Å². The number of benzene rings is 2. The highest BCUT2D eigenvalue weighted by atomic mass is 16.5. The molecule has 0 saturated heterocycles. The molecule has 4 rings (SSSR count). The van der Waals surface area contributed by atoms with E-state index >= 15 is 0 Å². The number of nitrogens with one attached hydrogen (secondary N) is 2. The van der Waals surface area contributed by atoms with Crippen molar-refractivity contribution < 1.29 is 28.5 Å². The number of fused-ring (bicyclic) bond motifs is 2. The van der Waals surface area contributed by atoms with Gasteiger partial charge in [0.25, 0.3) is 11.8 Å². The summed E-state index contributed by atoms with van der Waals surface area (Å²) in [5.41, 5.74) is 2.59. The molecule has 2 bridgehead atoms. The van der Waals surface area contributed by atoms with Crippen LogP contribution in [0.2, 0.25) is 0 Å². The Morgan fingerprint density at radius 1 is 0.750 bits per heavy atom. The molecule has 0 unspecified atom stereocenters. The molecule has 0 fully saturated rings. The van der Waals surface area contributed by atoms with E-state index in [-0.39, 0.29) is 42.7 Å². The molecule has 0 spiro atoms. The lowest BCUT2D eigenvalue weighted by Gasteiger charge is -2.21. The van der Waals surface area contributed by atoms with Crippen LogP contribution in [0.5, 0.6) is 5.88 Å². The fraction of sp³-hybridized carbons (Fsp3) is 0.400. The monoisotopic (exact) mass is 548 g/mol. The third kappa shape index (κ3) is 8.57. The van der Waals surface area contributed by atoms with E-state index in [1.807, 2.05) is 60.7 Å². The highest BCUT2D eigenvalue weighted by Crippen LogP contribution is 2.18. The maximum atomic E-state index is 13.5. The number of methoxy groups -OCH3 is 1. The largest absolute Gasteiger partial charge is 0.481 e. The van der Waals surface area contributed by atoms with Gasteiger partial charge in [-0.1, -0.05) is 60.7 Å². The van der Waals surface area contributed by atoms with Crippen LogP contribution in [0.15, 0.2) is 60.7 Å². The first kappa shape index (κ1) is 29.1. The van der Waals surface area contributed by atoms with Gasteiger partial charge in [-0.3, -0.25) is 9.59 Å². The summed E-state index contributed by atoms with van der Waals surface area (Å²) in [5.74, 6) is -0.980. The lowest BCUT2D eigenvalue weighted by Crippen LogP contribution is -2.42. The zero-order valence-electron chi connectivity index (χ0n) is 22.9. The number of carbonyl (C=O) groups is 2. The summed E-state index contributed by atoms with van der Waals surface area (Å²) in [6.45, 7) is 3.75. The minimum absolute atomic E-state index is 0.0652. The standard InChI is InChI=1S/C30H36N4O6/c1-21-26-28(35)31-24(17-22-9-5-3-6-10-22)19-39-15-13-38-14-16-40-20-25(18-23-11-7-4-8-12-23)32-29(36)27(33-26)34-30(21)37-2/h3-12,24-25H,13-20H2,1-2H3,(H,31,35)(H,32,36)/t24-,25-/m0/s1. The lowest BCUT2D eigenvalue weighted by atomic mass is 10.1. The zero-order valence-corrected chi connectivity index (χ0v) is 22.9. The molecule has 0 aliphatic carbocycles. The first-order valence-corrected chi connectivity index (χ1v) is 13.4. The number of rotatable bonds is 5. The second-order valence-corrected chi connectivity index (χ2v) is 9.51. The molecule has 2 amide bonds. The van der Waals surface area contributed by atoms with Crippen LogP contribution < -0.4 is 15.4 Å². The van der Waals surface area contributed by atoms with Gasteiger partial charge in [0.1, 0.15) is 5.69 Å². The smallest absolute Gasteiger partial charge is 0.289 e. The van der Waals surface area contributed by atoms with Crippen molar-refractivity contribution in [3.63, 3.8) is 0 Å². The van der Waals surface area contributed by atoms with E-state index in [4.69, 9.17) is 18.9 Å². The highest BCUT2D eigenvalue weighted by Gasteiger charge is 2.25. The molecular weight excluding hydrogens is 512 g/mol. The van der Waals surface area contributed by atoms with Crippen LogP contribution >= 0.6 is 0 Å². The molecule has 10 nitrogen and oxygen atoms in total. The van der Waals surface area contributed by atoms with E-state index in [0.717, 1.165) is 11.1 Å². The van der Waals surface area contributed by atoms with Crippen LogP contribution in [0.4, 0.5) is 0 Å². The normalized spacial score (nSPS) is 19.6.